The summed E-state index contributed by atoms with van der Waals surface area (Å²) in [5, 5.41) is 0.996. The number of likely N-dealkylation sites (tertiary alicyclic amines) is 1. The van der Waals surface area contributed by atoms with Gasteiger partial charge < -0.3 is 15.5 Å². The Morgan fingerprint density at radius 2 is 1.70 bits per heavy atom. The number of rotatable bonds is 3. The smallest absolute Gasteiger partial charge is 0.219 e. The van der Waals surface area contributed by atoms with Gasteiger partial charge in [0.25, 0.3) is 0 Å². The number of nitrogen functional groups attached to an aromatic ring is 1. The number of piperazine rings is 1. The molecule has 2 aliphatic heterocycles. The van der Waals surface area contributed by atoms with E-state index in [0.717, 1.165) is 52.8 Å². The number of pyridine rings is 1. The minimum Gasteiger partial charge on any atom is -0.384 e. The number of benzene rings is 2. The van der Waals surface area contributed by atoms with E-state index in [2.05, 4.69) is 50.2 Å². The van der Waals surface area contributed by atoms with Crippen molar-refractivity contribution in [3.05, 3.63) is 67.1 Å². The lowest BCUT2D eigenvalue weighted by Gasteiger charge is -2.35. The number of aromatic nitrogens is 3. The Hall–Kier alpha value is -4.00. The van der Waals surface area contributed by atoms with E-state index in [-0.39, 0.29) is 5.91 Å². The first-order valence-electron chi connectivity index (χ1n) is 11.2. The van der Waals surface area contributed by atoms with Gasteiger partial charge in [0.1, 0.15) is 12.1 Å². The minimum atomic E-state index is 0.182. The van der Waals surface area contributed by atoms with Crippen LogP contribution in [0, 0.1) is 0 Å². The lowest BCUT2D eigenvalue weighted by molar-refractivity contribution is -0.129. The van der Waals surface area contributed by atoms with Gasteiger partial charge in [-0.2, -0.15) is 0 Å². The Morgan fingerprint density at radius 3 is 2.42 bits per heavy atom. The molecule has 7 nitrogen and oxygen atoms in total. The highest BCUT2D eigenvalue weighted by atomic mass is 16.2. The molecule has 2 fully saturated rings. The van der Waals surface area contributed by atoms with Crippen LogP contribution in [-0.2, 0) is 4.79 Å². The minimum absolute atomic E-state index is 0.182. The number of fused-ring (bicyclic) bond motifs is 3. The number of carbonyl (C=O) groups is 1. The van der Waals surface area contributed by atoms with Crippen LogP contribution in [0.3, 0.4) is 0 Å². The first kappa shape index (κ1) is 19.7. The summed E-state index contributed by atoms with van der Waals surface area (Å²) in [6, 6.07) is 19.3. The molecule has 0 spiro atoms. The van der Waals surface area contributed by atoms with E-state index in [1.54, 1.807) is 19.4 Å². The molecule has 2 aromatic carbocycles. The fourth-order valence-electron chi connectivity index (χ4n) is 5.27. The Labute approximate surface area is 191 Å². The molecular formula is C26H24N6O. The van der Waals surface area contributed by atoms with Gasteiger partial charge in [-0.25, -0.2) is 15.0 Å². The van der Waals surface area contributed by atoms with Crippen molar-refractivity contribution < 1.29 is 4.79 Å². The van der Waals surface area contributed by atoms with Crippen molar-refractivity contribution in [3.8, 4) is 22.4 Å². The molecule has 2 bridgehead atoms. The Bertz CT molecular complexity index is 1370. The number of hydrogen-bond donors (Lipinski definition) is 1. The molecule has 2 atom stereocenters. The third kappa shape index (κ3) is 3.36. The summed E-state index contributed by atoms with van der Waals surface area (Å²) in [6.45, 7) is 3.39. The standard InChI is InChI=1S/C26H24N6O/c1-16(33)31-13-22-12-21(31)14-32(22)20-5-2-17(3-6-20)26-23-10-18(4-7-24(23)29-15-30-26)19-8-9-28-25(27)11-19/h2-11,15,21-22H,12-14H2,1H3,(H2,27,28)/t21?,22-/m0/s1. The van der Waals surface area contributed by atoms with Crippen LogP contribution >= 0.6 is 0 Å². The van der Waals surface area contributed by atoms with E-state index in [4.69, 9.17) is 5.73 Å². The quantitative estimate of drug-likeness (QED) is 0.526. The molecule has 1 amide bonds. The summed E-state index contributed by atoms with van der Waals surface area (Å²) >= 11 is 0. The Morgan fingerprint density at radius 1 is 0.909 bits per heavy atom. The molecule has 7 heteroatoms. The normalized spacial score (nSPS) is 19.4. The molecule has 2 aliphatic rings. The lowest BCUT2D eigenvalue weighted by atomic mass is 10.0. The van der Waals surface area contributed by atoms with Crippen molar-refractivity contribution in [1.82, 2.24) is 19.9 Å². The maximum atomic E-state index is 11.8. The highest BCUT2D eigenvalue weighted by molar-refractivity contribution is 5.95. The second-order valence-corrected chi connectivity index (χ2v) is 8.84. The maximum absolute atomic E-state index is 11.8. The first-order chi connectivity index (χ1) is 16.1. The molecule has 0 aliphatic carbocycles. The number of carbonyl (C=O) groups excluding carboxylic acids is 1. The molecule has 4 heterocycles. The SMILES string of the molecule is CC(=O)N1C[C@@H]2CC1CN2c1ccc(-c2ncnc3ccc(-c4ccnc(N)c4)cc23)cc1. The number of hydrogen-bond acceptors (Lipinski definition) is 6. The summed E-state index contributed by atoms with van der Waals surface area (Å²) in [5.74, 6) is 0.678. The highest BCUT2D eigenvalue weighted by Crippen LogP contribution is 2.36. The van der Waals surface area contributed by atoms with Crippen molar-refractivity contribution in [2.75, 3.05) is 23.7 Å². The second kappa shape index (κ2) is 7.55. The number of amides is 1. The van der Waals surface area contributed by atoms with Crippen molar-refractivity contribution in [2.24, 2.45) is 0 Å². The van der Waals surface area contributed by atoms with Crippen LogP contribution in [-0.4, -0.2) is 50.9 Å². The number of anilines is 2. The van der Waals surface area contributed by atoms with Gasteiger partial charge in [-0.15, -0.1) is 0 Å². The molecule has 0 radical (unpaired) electrons. The Balaban J connectivity index is 1.32. The van der Waals surface area contributed by atoms with Crippen LogP contribution in [0.5, 0.6) is 0 Å². The maximum Gasteiger partial charge on any atom is 0.219 e. The van der Waals surface area contributed by atoms with Crippen molar-refractivity contribution in [3.63, 3.8) is 0 Å². The average Bonchev–Trinajstić information content (AvgIpc) is 3.45. The molecule has 6 rings (SSSR count). The fraction of sp³-hybridized carbons (Fsp3) is 0.231. The monoisotopic (exact) mass is 436 g/mol. The third-order valence-corrected chi connectivity index (χ3v) is 6.87. The van der Waals surface area contributed by atoms with Gasteiger partial charge in [-0.3, -0.25) is 4.79 Å². The van der Waals surface area contributed by atoms with Gasteiger partial charge in [0.15, 0.2) is 0 Å². The molecule has 2 aromatic heterocycles. The van der Waals surface area contributed by atoms with Gasteiger partial charge in [0.2, 0.25) is 5.91 Å². The average molecular weight is 437 g/mol. The summed E-state index contributed by atoms with van der Waals surface area (Å²) in [6.07, 6.45) is 4.39. The van der Waals surface area contributed by atoms with Crippen molar-refractivity contribution in [2.45, 2.75) is 25.4 Å². The summed E-state index contributed by atoms with van der Waals surface area (Å²) in [7, 11) is 0. The van der Waals surface area contributed by atoms with E-state index in [9.17, 15) is 4.79 Å². The van der Waals surface area contributed by atoms with Crippen LogP contribution in [0.2, 0.25) is 0 Å². The van der Waals surface area contributed by atoms with Crippen LogP contribution in [0.4, 0.5) is 11.5 Å². The summed E-state index contributed by atoms with van der Waals surface area (Å²) < 4.78 is 0. The second-order valence-electron chi connectivity index (χ2n) is 8.84. The van der Waals surface area contributed by atoms with E-state index >= 15 is 0 Å². The molecular weight excluding hydrogens is 412 g/mol. The Kier molecular flexibility index (Phi) is 4.50. The van der Waals surface area contributed by atoms with E-state index in [1.807, 2.05) is 29.2 Å². The predicted molar refractivity (Wildman–Crippen MR) is 130 cm³/mol. The van der Waals surface area contributed by atoms with Crippen LogP contribution in [0.25, 0.3) is 33.3 Å². The van der Waals surface area contributed by atoms with Gasteiger partial charge in [0, 0.05) is 48.9 Å². The predicted octanol–water partition coefficient (Wildman–Crippen LogP) is 3.75. The highest BCUT2D eigenvalue weighted by Gasteiger charge is 2.44. The third-order valence-electron chi connectivity index (χ3n) is 6.87. The van der Waals surface area contributed by atoms with E-state index in [1.165, 1.54) is 5.69 Å². The molecule has 0 saturated carbocycles. The molecule has 4 aromatic rings. The van der Waals surface area contributed by atoms with Crippen LogP contribution in [0.15, 0.2) is 67.1 Å². The van der Waals surface area contributed by atoms with E-state index in [0.29, 0.717) is 17.9 Å². The lowest BCUT2D eigenvalue weighted by Crippen LogP contribution is -2.48. The van der Waals surface area contributed by atoms with Gasteiger partial charge in [-0.05, 0) is 53.9 Å². The molecule has 164 valence electrons. The molecule has 1 unspecified atom stereocenters. The molecule has 2 N–H and O–H groups in total. The zero-order valence-electron chi connectivity index (χ0n) is 18.3. The van der Waals surface area contributed by atoms with Gasteiger partial charge >= 0.3 is 0 Å². The summed E-state index contributed by atoms with van der Waals surface area (Å²) in [5.41, 5.74) is 12.0. The van der Waals surface area contributed by atoms with Crippen LogP contribution in [0.1, 0.15) is 13.3 Å². The van der Waals surface area contributed by atoms with Crippen LogP contribution < -0.4 is 10.6 Å². The largest absolute Gasteiger partial charge is 0.384 e. The fourth-order valence-corrected chi connectivity index (χ4v) is 5.27. The number of nitrogens with zero attached hydrogens (tertiary/aromatic N) is 5. The summed E-state index contributed by atoms with van der Waals surface area (Å²) in [4.78, 5) is 29.4. The van der Waals surface area contributed by atoms with Gasteiger partial charge in [-0.1, -0.05) is 18.2 Å². The topological polar surface area (TPSA) is 88.2 Å². The molecule has 2 saturated heterocycles. The molecule has 33 heavy (non-hydrogen) atoms. The first-order valence-corrected chi connectivity index (χ1v) is 11.2. The number of nitrogens with two attached hydrogens (primary N) is 1. The van der Waals surface area contributed by atoms with Crippen molar-refractivity contribution >= 4 is 28.3 Å². The van der Waals surface area contributed by atoms with E-state index < -0.39 is 0 Å². The van der Waals surface area contributed by atoms with Gasteiger partial charge in [0.05, 0.1) is 17.3 Å². The van der Waals surface area contributed by atoms with Crippen molar-refractivity contribution in [1.29, 1.82) is 0 Å². The zero-order valence-corrected chi connectivity index (χ0v) is 18.3. The zero-order chi connectivity index (χ0) is 22.5.